The standard InChI is InChI=1S/C9H15NO2/c1-2-3-6-10-7-4-5-8(10)9(11)12/h2,8H,1,3-7H2,(H,11,12). The maximum absolute atomic E-state index is 10.7. The molecule has 1 fully saturated rings. The SMILES string of the molecule is C=CCCN1CCCC1C(=O)O. The van der Waals surface area contributed by atoms with Crippen LogP contribution in [0.5, 0.6) is 0 Å². The minimum Gasteiger partial charge on any atom is -0.480 e. The van der Waals surface area contributed by atoms with Gasteiger partial charge in [0, 0.05) is 6.54 Å². The van der Waals surface area contributed by atoms with E-state index >= 15 is 0 Å². The molecule has 0 radical (unpaired) electrons. The van der Waals surface area contributed by atoms with E-state index in [9.17, 15) is 4.79 Å². The number of hydrogen-bond acceptors (Lipinski definition) is 2. The highest BCUT2D eigenvalue weighted by Gasteiger charge is 2.29. The summed E-state index contributed by atoms with van der Waals surface area (Å²) >= 11 is 0. The third-order valence-electron chi connectivity index (χ3n) is 2.27. The van der Waals surface area contributed by atoms with Crippen molar-refractivity contribution >= 4 is 5.97 Å². The van der Waals surface area contributed by atoms with E-state index in [-0.39, 0.29) is 6.04 Å². The van der Waals surface area contributed by atoms with Crippen LogP contribution in [0.3, 0.4) is 0 Å². The highest BCUT2D eigenvalue weighted by atomic mass is 16.4. The first-order valence-corrected chi connectivity index (χ1v) is 4.33. The number of aliphatic carboxylic acids is 1. The summed E-state index contributed by atoms with van der Waals surface area (Å²) in [6.07, 6.45) is 4.52. The summed E-state index contributed by atoms with van der Waals surface area (Å²) < 4.78 is 0. The number of carboxylic acids is 1. The molecule has 1 heterocycles. The molecule has 1 aliphatic rings. The molecule has 1 atom stereocenters. The Hall–Kier alpha value is -0.830. The lowest BCUT2D eigenvalue weighted by molar-refractivity contribution is -0.142. The molecule has 0 aliphatic carbocycles. The highest BCUT2D eigenvalue weighted by Crippen LogP contribution is 2.17. The zero-order valence-corrected chi connectivity index (χ0v) is 7.20. The van der Waals surface area contributed by atoms with E-state index in [0.29, 0.717) is 0 Å². The summed E-state index contributed by atoms with van der Waals surface area (Å²) in [6.45, 7) is 5.37. The van der Waals surface area contributed by atoms with E-state index < -0.39 is 5.97 Å². The van der Waals surface area contributed by atoms with Crippen LogP contribution >= 0.6 is 0 Å². The first-order chi connectivity index (χ1) is 5.75. The molecular formula is C9H15NO2. The number of likely N-dealkylation sites (tertiary alicyclic amines) is 1. The van der Waals surface area contributed by atoms with E-state index in [2.05, 4.69) is 6.58 Å². The molecule has 0 bridgehead atoms. The zero-order chi connectivity index (χ0) is 8.97. The first kappa shape index (κ1) is 9.26. The molecule has 12 heavy (non-hydrogen) atoms. The number of rotatable bonds is 4. The van der Waals surface area contributed by atoms with Gasteiger partial charge in [0.25, 0.3) is 0 Å². The van der Waals surface area contributed by atoms with Gasteiger partial charge in [0.05, 0.1) is 0 Å². The molecule has 0 saturated carbocycles. The zero-order valence-electron chi connectivity index (χ0n) is 7.20. The quantitative estimate of drug-likeness (QED) is 0.641. The van der Waals surface area contributed by atoms with Crippen LogP contribution in [0.1, 0.15) is 19.3 Å². The maximum Gasteiger partial charge on any atom is 0.320 e. The van der Waals surface area contributed by atoms with Crippen molar-refractivity contribution in [1.82, 2.24) is 4.90 Å². The highest BCUT2D eigenvalue weighted by molar-refractivity contribution is 5.73. The maximum atomic E-state index is 10.7. The molecule has 1 unspecified atom stereocenters. The van der Waals surface area contributed by atoms with Crippen LogP contribution in [0.15, 0.2) is 12.7 Å². The van der Waals surface area contributed by atoms with Gasteiger partial charge in [0.1, 0.15) is 6.04 Å². The summed E-state index contributed by atoms with van der Waals surface area (Å²) in [7, 11) is 0. The fourth-order valence-electron chi connectivity index (χ4n) is 1.63. The topological polar surface area (TPSA) is 40.5 Å². The van der Waals surface area contributed by atoms with Gasteiger partial charge < -0.3 is 5.11 Å². The van der Waals surface area contributed by atoms with E-state index in [1.54, 1.807) is 0 Å². The van der Waals surface area contributed by atoms with Crippen molar-refractivity contribution in [2.75, 3.05) is 13.1 Å². The Morgan fingerprint density at radius 2 is 2.50 bits per heavy atom. The van der Waals surface area contributed by atoms with Gasteiger partial charge in [0.15, 0.2) is 0 Å². The number of carbonyl (C=O) groups is 1. The summed E-state index contributed by atoms with van der Waals surface area (Å²) in [4.78, 5) is 12.7. The second-order valence-corrected chi connectivity index (χ2v) is 3.11. The Morgan fingerprint density at radius 1 is 1.75 bits per heavy atom. The van der Waals surface area contributed by atoms with E-state index in [1.807, 2.05) is 11.0 Å². The Labute approximate surface area is 72.7 Å². The van der Waals surface area contributed by atoms with Gasteiger partial charge in [-0.3, -0.25) is 9.69 Å². The van der Waals surface area contributed by atoms with Gasteiger partial charge >= 0.3 is 5.97 Å². The van der Waals surface area contributed by atoms with Crippen molar-refractivity contribution in [1.29, 1.82) is 0 Å². The second kappa shape index (κ2) is 4.26. The second-order valence-electron chi connectivity index (χ2n) is 3.11. The van der Waals surface area contributed by atoms with Crippen LogP contribution in [0, 0.1) is 0 Å². The molecule has 1 N–H and O–H groups in total. The van der Waals surface area contributed by atoms with Crippen molar-refractivity contribution < 1.29 is 9.90 Å². The fourth-order valence-corrected chi connectivity index (χ4v) is 1.63. The lowest BCUT2D eigenvalue weighted by atomic mass is 10.2. The average Bonchev–Trinajstić information content (AvgIpc) is 2.48. The Morgan fingerprint density at radius 3 is 3.08 bits per heavy atom. The Kier molecular flexibility index (Phi) is 3.29. The van der Waals surface area contributed by atoms with Crippen molar-refractivity contribution in [3.05, 3.63) is 12.7 Å². The summed E-state index contributed by atoms with van der Waals surface area (Å²) in [6, 6.07) is -0.245. The predicted molar refractivity (Wildman–Crippen MR) is 47.0 cm³/mol. The molecule has 0 amide bonds. The van der Waals surface area contributed by atoms with Gasteiger partial charge in [-0.25, -0.2) is 0 Å². The van der Waals surface area contributed by atoms with Gasteiger partial charge in [-0.15, -0.1) is 6.58 Å². The third-order valence-corrected chi connectivity index (χ3v) is 2.27. The number of hydrogen-bond donors (Lipinski definition) is 1. The van der Waals surface area contributed by atoms with Crippen LogP contribution in [0.4, 0.5) is 0 Å². The molecule has 68 valence electrons. The predicted octanol–water partition coefficient (Wildman–Crippen LogP) is 1.11. The monoisotopic (exact) mass is 169 g/mol. The van der Waals surface area contributed by atoms with Crippen LogP contribution < -0.4 is 0 Å². The minimum atomic E-state index is -0.684. The van der Waals surface area contributed by atoms with Crippen molar-refractivity contribution in [2.24, 2.45) is 0 Å². The molecule has 1 rings (SSSR count). The van der Waals surface area contributed by atoms with Crippen LogP contribution in [-0.2, 0) is 4.79 Å². The van der Waals surface area contributed by atoms with Gasteiger partial charge in [-0.2, -0.15) is 0 Å². The van der Waals surface area contributed by atoms with Crippen molar-refractivity contribution in [2.45, 2.75) is 25.3 Å². The lowest BCUT2D eigenvalue weighted by Crippen LogP contribution is -2.36. The first-order valence-electron chi connectivity index (χ1n) is 4.33. The molecule has 0 spiro atoms. The van der Waals surface area contributed by atoms with Gasteiger partial charge in [-0.1, -0.05) is 6.08 Å². The Balaban J connectivity index is 2.40. The molecule has 1 aliphatic heterocycles. The van der Waals surface area contributed by atoms with Crippen molar-refractivity contribution in [3.8, 4) is 0 Å². The van der Waals surface area contributed by atoms with E-state index in [0.717, 1.165) is 32.4 Å². The average molecular weight is 169 g/mol. The molecule has 0 aromatic rings. The van der Waals surface area contributed by atoms with Crippen molar-refractivity contribution in [3.63, 3.8) is 0 Å². The molecule has 3 heteroatoms. The van der Waals surface area contributed by atoms with E-state index in [1.165, 1.54) is 0 Å². The largest absolute Gasteiger partial charge is 0.480 e. The molecular weight excluding hydrogens is 154 g/mol. The number of carboxylic acid groups (broad SMARTS) is 1. The lowest BCUT2D eigenvalue weighted by Gasteiger charge is -2.19. The molecule has 3 nitrogen and oxygen atoms in total. The van der Waals surface area contributed by atoms with Crippen LogP contribution in [0.2, 0.25) is 0 Å². The third kappa shape index (κ3) is 2.08. The fraction of sp³-hybridized carbons (Fsp3) is 0.667. The molecule has 0 aromatic heterocycles. The smallest absolute Gasteiger partial charge is 0.320 e. The summed E-state index contributed by atoms with van der Waals surface area (Å²) in [5.41, 5.74) is 0. The van der Waals surface area contributed by atoms with Gasteiger partial charge in [0.2, 0.25) is 0 Å². The number of nitrogens with zero attached hydrogens (tertiary/aromatic N) is 1. The Bertz CT molecular complexity index is 179. The van der Waals surface area contributed by atoms with E-state index in [4.69, 9.17) is 5.11 Å². The van der Waals surface area contributed by atoms with Gasteiger partial charge in [-0.05, 0) is 25.8 Å². The van der Waals surface area contributed by atoms with Crippen LogP contribution in [0.25, 0.3) is 0 Å². The van der Waals surface area contributed by atoms with Crippen LogP contribution in [-0.4, -0.2) is 35.1 Å². The minimum absolute atomic E-state index is 0.245. The molecule has 1 saturated heterocycles. The normalized spacial score (nSPS) is 24.2. The molecule has 0 aromatic carbocycles. The summed E-state index contributed by atoms with van der Waals surface area (Å²) in [5, 5.41) is 8.82. The summed E-state index contributed by atoms with van der Waals surface area (Å²) in [5.74, 6) is -0.684.